The Labute approximate surface area is 243 Å². The minimum atomic E-state index is -0.449. The third kappa shape index (κ3) is 3.64. The van der Waals surface area contributed by atoms with Crippen molar-refractivity contribution in [1.82, 2.24) is 0 Å². The summed E-state index contributed by atoms with van der Waals surface area (Å²) in [5.74, 6) is -0.735. The van der Waals surface area contributed by atoms with E-state index in [0.717, 1.165) is 0 Å². The van der Waals surface area contributed by atoms with Crippen LogP contribution in [-0.2, 0) is 0 Å². The molecule has 4 aliphatic rings. The van der Waals surface area contributed by atoms with Crippen molar-refractivity contribution < 1.29 is 19.2 Å². The fourth-order valence-corrected chi connectivity index (χ4v) is 7.65. The maximum atomic E-state index is 13.8. The number of amides is 4. The van der Waals surface area contributed by atoms with Gasteiger partial charge < -0.3 is 0 Å². The smallest absolute Gasteiger partial charge is 0.265 e. The van der Waals surface area contributed by atoms with Crippen molar-refractivity contribution in [3.05, 3.63) is 106 Å². The molecule has 0 atom stereocenters. The van der Waals surface area contributed by atoms with Gasteiger partial charge in [0.05, 0.1) is 11.4 Å². The summed E-state index contributed by atoms with van der Waals surface area (Å²) in [6.07, 6.45) is 9.60. The van der Waals surface area contributed by atoms with Crippen molar-refractivity contribution in [2.24, 2.45) is 0 Å². The SMILES string of the molecule is O=C1c2ccc3c4c(ccc(c24)C(=O)N1c1ccc(C2CCCC2)cc1)C(=O)N(c1ccc(C2CCCC2)cc1)C3=O. The standard InChI is InChI=1S/C36H30N2O4/c39-33-27-17-19-29-32-30(36(42)38(35(29)41)26-15-11-24(12-16-26)22-7-3-4-8-22)20-18-28(31(27)32)34(40)37(33)25-13-9-23(10-14-25)21-5-1-2-6-21/h9-22H,1-8H2. The lowest BCUT2D eigenvalue weighted by molar-refractivity contribution is 0.0873. The highest BCUT2D eigenvalue weighted by atomic mass is 16.2. The minimum absolute atomic E-state index is 0.319. The summed E-state index contributed by atoms with van der Waals surface area (Å²) in [4.78, 5) is 57.6. The summed E-state index contributed by atoms with van der Waals surface area (Å²) in [5.41, 5.74) is 4.79. The van der Waals surface area contributed by atoms with Gasteiger partial charge in [0.1, 0.15) is 0 Å². The summed E-state index contributed by atoms with van der Waals surface area (Å²) >= 11 is 0. The van der Waals surface area contributed by atoms with Crippen molar-refractivity contribution in [1.29, 1.82) is 0 Å². The van der Waals surface area contributed by atoms with Gasteiger partial charge in [0, 0.05) is 33.0 Å². The first-order valence-electron chi connectivity index (χ1n) is 15.1. The van der Waals surface area contributed by atoms with Gasteiger partial charge in [0.2, 0.25) is 0 Å². The Bertz CT molecular complexity index is 1610. The van der Waals surface area contributed by atoms with Crippen LogP contribution in [0.3, 0.4) is 0 Å². The molecule has 42 heavy (non-hydrogen) atoms. The van der Waals surface area contributed by atoms with Crippen LogP contribution < -0.4 is 9.80 Å². The van der Waals surface area contributed by atoms with Gasteiger partial charge in [-0.2, -0.15) is 0 Å². The average molecular weight is 555 g/mol. The lowest BCUT2D eigenvalue weighted by Gasteiger charge is -2.32. The van der Waals surface area contributed by atoms with E-state index < -0.39 is 23.6 Å². The lowest BCUT2D eigenvalue weighted by atomic mass is 9.85. The van der Waals surface area contributed by atoms with Gasteiger partial charge in [0.15, 0.2) is 0 Å². The molecule has 0 radical (unpaired) electrons. The number of hydrogen-bond donors (Lipinski definition) is 0. The van der Waals surface area contributed by atoms with Gasteiger partial charge >= 0.3 is 0 Å². The number of benzene rings is 4. The number of carbonyl (C=O) groups is 4. The zero-order valence-electron chi connectivity index (χ0n) is 23.3. The van der Waals surface area contributed by atoms with Gasteiger partial charge in [-0.05, 0) is 97.2 Å². The van der Waals surface area contributed by atoms with Crippen LogP contribution in [0.5, 0.6) is 0 Å². The summed E-state index contributed by atoms with van der Waals surface area (Å²) in [6, 6.07) is 22.0. The summed E-state index contributed by atoms with van der Waals surface area (Å²) in [7, 11) is 0. The Morgan fingerprint density at radius 1 is 0.405 bits per heavy atom. The van der Waals surface area contributed by atoms with Crippen LogP contribution in [0.2, 0.25) is 0 Å². The summed E-state index contributed by atoms with van der Waals surface area (Å²) in [5, 5.41) is 0.772. The van der Waals surface area contributed by atoms with Crippen molar-refractivity contribution >= 4 is 45.8 Å². The first kappa shape index (κ1) is 25.2. The topological polar surface area (TPSA) is 74.8 Å². The maximum Gasteiger partial charge on any atom is 0.265 e. The molecule has 2 fully saturated rings. The maximum absolute atomic E-state index is 13.8. The highest BCUT2D eigenvalue weighted by Gasteiger charge is 2.40. The Morgan fingerprint density at radius 2 is 0.690 bits per heavy atom. The largest absolute Gasteiger partial charge is 0.268 e. The third-order valence-electron chi connectivity index (χ3n) is 9.85. The van der Waals surface area contributed by atoms with E-state index in [4.69, 9.17) is 0 Å². The van der Waals surface area contributed by atoms with E-state index in [0.29, 0.717) is 56.2 Å². The van der Waals surface area contributed by atoms with Gasteiger partial charge in [-0.25, -0.2) is 9.80 Å². The molecule has 4 amide bonds. The van der Waals surface area contributed by atoms with Crippen molar-refractivity contribution in [2.45, 2.75) is 63.2 Å². The molecule has 2 saturated carbocycles. The molecule has 0 spiro atoms. The molecule has 6 heteroatoms. The number of rotatable bonds is 4. The number of anilines is 2. The van der Waals surface area contributed by atoms with Crippen molar-refractivity contribution in [2.75, 3.05) is 9.80 Å². The Morgan fingerprint density at radius 3 is 0.976 bits per heavy atom. The van der Waals surface area contributed by atoms with Crippen LogP contribution >= 0.6 is 0 Å². The summed E-state index contributed by atoms with van der Waals surface area (Å²) in [6.45, 7) is 0. The number of nitrogens with zero attached hydrogens (tertiary/aromatic N) is 2. The zero-order valence-corrected chi connectivity index (χ0v) is 23.3. The Balaban J connectivity index is 1.17. The van der Waals surface area contributed by atoms with E-state index in [1.165, 1.54) is 72.3 Å². The summed E-state index contributed by atoms with van der Waals surface area (Å²) < 4.78 is 0. The highest BCUT2D eigenvalue weighted by Crippen LogP contribution is 2.41. The number of carbonyl (C=O) groups excluding carboxylic acids is 4. The van der Waals surface area contributed by atoms with Crippen LogP contribution in [-0.4, -0.2) is 23.6 Å². The second-order valence-corrected chi connectivity index (χ2v) is 12.1. The molecule has 4 aromatic carbocycles. The van der Waals surface area contributed by atoms with E-state index in [1.807, 2.05) is 48.5 Å². The number of hydrogen-bond acceptors (Lipinski definition) is 4. The van der Waals surface area contributed by atoms with E-state index >= 15 is 0 Å². The van der Waals surface area contributed by atoms with Crippen molar-refractivity contribution in [3.63, 3.8) is 0 Å². The minimum Gasteiger partial charge on any atom is -0.268 e. The first-order valence-corrected chi connectivity index (χ1v) is 15.1. The third-order valence-corrected chi connectivity index (χ3v) is 9.85. The highest BCUT2D eigenvalue weighted by molar-refractivity contribution is 6.42. The van der Waals surface area contributed by atoms with Crippen molar-refractivity contribution in [3.8, 4) is 0 Å². The van der Waals surface area contributed by atoms with Crippen LogP contribution in [0.4, 0.5) is 11.4 Å². The molecule has 0 saturated heterocycles. The second-order valence-electron chi connectivity index (χ2n) is 12.1. The predicted octanol–water partition coefficient (Wildman–Crippen LogP) is 7.76. The predicted molar refractivity (Wildman–Crippen MR) is 162 cm³/mol. The average Bonchev–Trinajstić information content (AvgIpc) is 3.75. The monoisotopic (exact) mass is 554 g/mol. The van der Waals surface area contributed by atoms with Crippen LogP contribution in [0.1, 0.15) is 116 Å². The zero-order chi connectivity index (χ0) is 28.5. The molecule has 2 aliphatic carbocycles. The van der Waals surface area contributed by atoms with E-state index in [2.05, 4.69) is 0 Å². The quantitative estimate of drug-likeness (QED) is 0.242. The Kier molecular flexibility index (Phi) is 5.68. The molecule has 0 aromatic heterocycles. The van der Waals surface area contributed by atoms with E-state index in [1.54, 1.807) is 24.3 Å². The first-order chi connectivity index (χ1) is 20.5. The second kappa shape index (κ2) is 9.48. The molecular weight excluding hydrogens is 524 g/mol. The van der Waals surface area contributed by atoms with Gasteiger partial charge in [-0.1, -0.05) is 49.9 Å². The molecule has 6 nitrogen and oxygen atoms in total. The lowest BCUT2D eigenvalue weighted by Crippen LogP contribution is -2.43. The normalized spacial score (nSPS) is 19.0. The molecule has 2 aliphatic heterocycles. The van der Waals surface area contributed by atoms with Crippen LogP contribution in [0.15, 0.2) is 72.8 Å². The molecule has 8 rings (SSSR count). The van der Waals surface area contributed by atoms with Gasteiger partial charge in [-0.15, -0.1) is 0 Å². The number of imide groups is 2. The van der Waals surface area contributed by atoms with Gasteiger partial charge in [0.25, 0.3) is 23.6 Å². The van der Waals surface area contributed by atoms with E-state index in [-0.39, 0.29) is 0 Å². The Hall–Kier alpha value is -4.58. The molecule has 0 bridgehead atoms. The van der Waals surface area contributed by atoms with Crippen LogP contribution in [0.25, 0.3) is 10.8 Å². The molecule has 0 N–H and O–H groups in total. The fraction of sp³-hybridized carbons (Fsp3) is 0.278. The fourth-order valence-electron chi connectivity index (χ4n) is 7.65. The molecule has 4 aromatic rings. The van der Waals surface area contributed by atoms with E-state index in [9.17, 15) is 19.2 Å². The molecular formula is C36H30N2O4. The molecule has 0 unspecified atom stereocenters. The molecule has 2 heterocycles. The molecule has 208 valence electrons. The van der Waals surface area contributed by atoms with Crippen LogP contribution in [0, 0.1) is 0 Å². The van der Waals surface area contributed by atoms with Gasteiger partial charge in [-0.3, -0.25) is 19.2 Å².